The van der Waals surface area contributed by atoms with Crippen LogP contribution in [0.4, 0.5) is 0 Å². The third-order valence-corrected chi connectivity index (χ3v) is 4.60. The van der Waals surface area contributed by atoms with Crippen molar-refractivity contribution in [2.75, 3.05) is 13.2 Å². The van der Waals surface area contributed by atoms with E-state index in [-0.39, 0.29) is 19.4 Å². The Kier molecular flexibility index (Phi) is 16.4. The van der Waals surface area contributed by atoms with E-state index in [4.69, 9.17) is 14.4 Å². The predicted molar refractivity (Wildman–Crippen MR) is 103 cm³/mol. The number of hydrogen-bond acceptors (Lipinski definition) is 7. The molecule has 0 aliphatic heterocycles. The molecule has 0 heterocycles. The van der Waals surface area contributed by atoms with Crippen molar-refractivity contribution in [2.45, 2.75) is 97.0 Å². The van der Waals surface area contributed by atoms with Gasteiger partial charge in [-0.2, -0.15) is 0 Å². The Hall–Kier alpha value is -0.950. The van der Waals surface area contributed by atoms with Crippen molar-refractivity contribution in [3.05, 3.63) is 0 Å². The summed E-state index contributed by atoms with van der Waals surface area (Å²) in [5.74, 6) is -0.953. The highest BCUT2D eigenvalue weighted by molar-refractivity contribution is 7.44. The molecule has 0 spiro atoms. The van der Waals surface area contributed by atoms with Gasteiger partial charge in [0.25, 0.3) is 7.82 Å². The lowest BCUT2D eigenvalue weighted by molar-refractivity contribution is -0.223. The van der Waals surface area contributed by atoms with Crippen LogP contribution in [0.5, 0.6) is 0 Å². The van der Waals surface area contributed by atoms with Crippen molar-refractivity contribution in [1.82, 2.24) is 0 Å². The summed E-state index contributed by atoms with van der Waals surface area (Å²) in [4.78, 5) is 43.2. The van der Waals surface area contributed by atoms with E-state index in [1.807, 2.05) is 0 Å². The molecule has 166 valence electrons. The van der Waals surface area contributed by atoms with Crippen LogP contribution in [0.15, 0.2) is 0 Å². The maximum Gasteiger partial charge on any atom is 0.306 e. The molecule has 2 atom stereocenters. The molecule has 0 radical (unpaired) electrons. The van der Waals surface area contributed by atoms with Crippen LogP contribution in [0.2, 0.25) is 0 Å². The third kappa shape index (κ3) is 18.4. The van der Waals surface area contributed by atoms with E-state index < -0.39 is 32.5 Å². The summed E-state index contributed by atoms with van der Waals surface area (Å²) in [5, 5.41) is 0. The molecule has 0 aliphatic carbocycles. The van der Waals surface area contributed by atoms with Gasteiger partial charge in [0.1, 0.15) is 6.61 Å². The standard InChI is InChI=1S/C19H37O8P/c1-3-5-7-9-11-13-18(20)25-15-17(16-26-28(22,23)24)27-19(21)14-12-10-8-6-4-2/h17H,3-16H2,1-2H3,(H2,22,23,24)/p-1. The molecule has 8 nitrogen and oxygen atoms in total. The van der Waals surface area contributed by atoms with E-state index >= 15 is 0 Å². The van der Waals surface area contributed by atoms with E-state index in [0.717, 1.165) is 51.4 Å². The first kappa shape index (κ1) is 27.0. The second-order valence-corrected chi connectivity index (χ2v) is 8.08. The summed E-state index contributed by atoms with van der Waals surface area (Å²) in [5.41, 5.74) is 0. The monoisotopic (exact) mass is 423 g/mol. The maximum absolute atomic E-state index is 11.9. The Morgan fingerprint density at radius 1 is 0.857 bits per heavy atom. The lowest BCUT2D eigenvalue weighted by Crippen LogP contribution is -2.30. The molecule has 0 saturated carbocycles. The number of ether oxygens (including phenoxy) is 2. The van der Waals surface area contributed by atoms with Crippen molar-refractivity contribution in [2.24, 2.45) is 0 Å². The highest BCUT2D eigenvalue weighted by atomic mass is 31.2. The lowest BCUT2D eigenvalue weighted by Gasteiger charge is -2.21. The summed E-state index contributed by atoms with van der Waals surface area (Å²) in [6, 6.07) is 0. The van der Waals surface area contributed by atoms with Crippen molar-refractivity contribution in [3.63, 3.8) is 0 Å². The van der Waals surface area contributed by atoms with Crippen LogP contribution >= 0.6 is 7.82 Å². The van der Waals surface area contributed by atoms with Gasteiger partial charge in [-0.1, -0.05) is 65.2 Å². The van der Waals surface area contributed by atoms with Gasteiger partial charge in [-0.3, -0.25) is 14.2 Å². The molecule has 1 N–H and O–H groups in total. The minimum absolute atomic E-state index is 0.194. The van der Waals surface area contributed by atoms with Crippen LogP contribution in [0.3, 0.4) is 0 Å². The fourth-order valence-corrected chi connectivity index (χ4v) is 2.90. The van der Waals surface area contributed by atoms with Gasteiger partial charge in [0.05, 0.1) is 6.61 Å². The molecular formula is C19H36O8P-. The Bertz CT molecular complexity index is 463. The van der Waals surface area contributed by atoms with Gasteiger partial charge in [-0.15, -0.1) is 0 Å². The van der Waals surface area contributed by atoms with Crippen molar-refractivity contribution >= 4 is 19.8 Å². The molecule has 0 bridgehead atoms. The van der Waals surface area contributed by atoms with Gasteiger partial charge in [-0.25, -0.2) is 0 Å². The SMILES string of the molecule is CCCCCCCC(=O)OCC(COP(=O)([O-])O)OC(=O)CCCCCCC. The Morgan fingerprint density at radius 3 is 1.86 bits per heavy atom. The lowest BCUT2D eigenvalue weighted by atomic mass is 10.1. The average Bonchev–Trinajstić information content (AvgIpc) is 2.63. The Morgan fingerprint density at radius 2 is 1.36 bits per heavy atom. The number of carbonyl (C=O) groups excluding carboxylic acids is 2. The topological polar surface area (TPSA) is 122 Å². The van der Waals surface area contributed by atoms with Crippen LogP contribution < -0.4 is 4.89 Å². The molecule has 0 aromatic rings. The second kappa shape index (κ2) is 17.0. The molecule has 0 aromatic heterocycles. The Labute approximate surface area is 168 Å². The fourth-order valence-electron chi connectivity index (χ4n) is 2.54. The molecule has 0 fully saturated rings. The summed E-state index contributed by atoms with van der Waals surface area (Å²) in [7, 11) is -4.95. The molecule has 0 aliphatic rings. The molecule has 2 unspecified atom stereocenters. The van der Waals surface area contributed by atoms with Gasteiger partial charge in [0.15, 0.2) is 6.10 Å². The maximum atomic E-state index is 11.9. The molecule has 0 amide bonds. The number of phosphoric ester groups is 1. The number of rotatable bonds is 18. The zero-order valence-electron chi connectivity index (χ0n) is 17.2. The van der Waals surface area contributed by atoms with E-state index in [9.17, 15) is 19.0 Å². The van der Waals surface area contributed by atoms with Crippen LogP contribution in [-0.4, -0.2) is 36.1 Å². The largest absolute Gasteiger partial charge is 0.756 e. The van der Waals surface area contributed by atoms with Gasteiger partial charge in [-0.05, 0) is 12.8 Å². The molecule has 0 aromatic carbocycles. The van der Waals surface area contributed by atoms with E-state index in [1.165, 1.54) is 0 Å². The number of phosphoric acid groups is 1. The summed E-state index contributed by atoms with van der Waals surface area (Å²) >= 11 is 0. The highest BCUT2D eigenvalue weighted by Gasteiger charge is 2.19. The minimum atomic E-state index is -4.95. The molecular weight excluding hydrogens is 387 g/mol. The fraction of sp³-hybridized carbons (Fsp3) is 0.895. The highest BCUT2D eigenvalue weighted by Crippen LogP contribution is 2.30. The van der Waals surface area contributed by atoms with E-state index in [2.05, 4.69) is 18.4 Å². The van der Waals surface area contributed by atoms with Gasteiger partial charge >= 0.3 is 11.9 Å². The first-order chi connectivity index (χ1) is 13.3. The summed E-state index contributed by atoms with van der Waals surface area (Å²) in [6.45, 7) is 3.30. The molecule has 9 heteroatoms. The normalized spacial score (nSPS) is 14.3. The Balaban J connectivity index is 4.26. The summed E-state index contributed by atoms with van der Waals surface area (Å²) < 4.78 is 25.3. The van der Waals surface area contributed by atoms with Crippen molar-refractivity contribution < 1.29 is 37.9 Å². The number of carbonyl (C=O) groups is 2. The number of hydrogen-bond donors (Lipinski definition) is 1. The zero-order chi connectivity index (χ0) is 21.3. The van der Waals surface area contributed by atoms with Crippen LogP contribution in [0.1, 0.15) is 90.9 Å². The number of esters is 2. The molecule has 28 heavy (non-hydrogen) atoms. The van der Waals surface area contributed by atoms with Gasteiger partial charge < -0.3 is 23.8 Å². The minimum Gasteiger partial charge on any atom is -0.756 e. The van der Waals surface area contributed by atoms with Gasteiger partial charge in [0.2, 0.25) is 0 Å². The third-order valence-electron chi connectivity index (χ3n) is 4.12. The molecule has 0 saturated heterocycles. The second-order valence-electron chi connectivity index (χ2n) is 6.89. The zero-order valence-corrected chi connectivity index (χ0v) is 18.1. The predicted octanol–water partition coefficient (Wildman–Crippen LogP) is 3.64. The first-order valence-corrected chi connectivity index (χ1v) is 11.8. The van der Waals surface area contributed by atoms with Crippen molar-refractivity contribution in [3.8, 4) is 0 Å². The quantitative estimate of drug-likeness (QED) is 0.201. The smallest absolute Gasteiger partial charge is 0.306 e. The van der Waals surface area contributed by atoms with Gasteiger partial charge in [0, 0.05) is 12.8 Å². The van der Waals surface area contributed by atoms with Crippen molar-refractivity contribution in [1.29, 1.82) is 0 Å². The average molecular weight is 423 g/mol. The first-order valence-electron chi connectivity index (χ1n) is 10.3. The van der Waals surface area contributed by atoms with Crippen LogP contribution in [0, 0.1) is 0 Å². The van der Waals surface area contributed by atoms with Crippen LogP contribution in [0.25, 0.3) is 0 Å². The van der Waals surface area contributed by atoms with E-state index in [1.54, 1.807) is 0 Å². The summed E-state index contributed by atoms with van der Waals surface area (Å²) in [6.07, 6.45) is 9.14. The van der Waals surface area contributed by atoms with E-state index in [0.29, 0.717) is 12.8 Å². The van der Waals surface area contributed by atoms with Crippen LogP contribution in [-0.2, 0) is 28.2 Å². The number of unbranched alkanes of at least 4 members (excludes halogenated alkanes) is 8. The molecule has 0 rings (SSSR count).